The summed E-state index contributed by atoms with van der Waals surface area (Å²) in [7, 11) is 0. The number of benzene rings is 1. The van der Waals surface area contributed by atoms with Gasteiger partial charge in [0.1, 0.15) is 6.54 Å². The molecule has 9 heteroatoms. The van der Waals surface area contributed by atoms with Crippen molar-refractivity contribution in [1.82, 2.24) is 20.8 Å². The summed E-state index contributed by atoms with van der Waals surface area (Å²) in [5, 5.41) is 11.1. The zero-order valence-corrected chi connectivity index (χ0v) is 17.7. The molecule has 0 spiro atoms. The molecular formula is C17H23ClIN5O2. The van der Waals surface area contributed by atoms with E-state index >= 15 is 0 Å². The molecule has 1 aromatic carbocycles. The summed E-state index contributed by atoms with van der Waals surface area (Å²) in [4.78, 5) is 8.86. The Morgan fingerprint density at radius 2 is 2.12 bits per heavy atom. The average Bonchev–Trinajstić information content (AvgIpc) is 3.30. The maximum atomic E-state index is 5.89. The number of rotatable bonds is 6. The SMILES string of the molecule is CCNC(=NCc1nc(-c2ccc(Cl)cc2)no1)NCC1CCCO1.I. The summed E-state index contributed by atoms with van der Waals surface area (Å²) in [5.74, 6) is 1.70. The van der Waals surface area contributed by atoms with Crippen molar-refractivity contribution in [3.63, 3.8) is 0 Å². The van der Waals surface area contributed by atoms with Crippen LogP contribution in [0, 0.1) is 0 Å². The number of nitrogens with one attached hydrogen (secondary N) is 2. The third-order valence-corrected chi connectivity index (χ3v) is 4.06. The van der Waals surface area contributed by atoms with E-state index in [-0.39, 0.29) is 30.1 Å². The van der Waals surface area contributed by atoms with Crippen LogP contribution in [0.1, 0.15) is 25.7 Å². The molecule has 1 saturated heterocycles. The Morgan fingerprint density at radius 3 is 2.81 bits per heavy atom. The quantitative estimate of drug-likeness (QED) is 0.367. The van der Waals surface area contributed by atoms with Gasteiger partial charge in [-0.05, 0) is 44.0 Å². The minimum absolute atomic E-state index is 0. The fraction of sp³-hybridized carbons (Fsp3) is 0.471. The fourth-order valence-electron chi connectivity index (χ4n) is 2.54. The molecular weight excluding hydrogens is 469 g/mol. The predicted molar refractivity (Wildman–Crippen MR) is 112 cm³/mol. The molecule has 26 heavy (non-hydrogen) atoms. The van der Waals surface area contributed by atoms with Gasteiger partial charge in [0.2, 0.25) is 11.7 Å². The predicted octanol–water partition coefficient (Wildman–Crippen LogP) is 3.24. The molecule has 2 N–H and O–H groups in total. The highest BCUT2D eigenvalue weighted by Gasteiger charge is 2.15. The summed E-state index contributed by atoms with van der Waals surface area (Å²) in [6.07, 6.45) is 2.46. The molecule has 2 aromatic rings. The third-order valence-electron chi connectivity index (χ3n) is 3.81. The number of ether oxygens (including phenoxy) is 1. The molecule has 0 amide bonds. The third kappa shape index (κ3) is 6.10. The van der Waals surface area contributed by atoms with Crippen LogP contribution < -0.4 is 10.6 Å². The summed E-state index contributed by atoms with van der Waals surface area (Å²) in [6, 6.07) is 7.30. The van der Waals surface area contributed by atoms with E-state index in [1.807, 2.05) is 19.1 Å². The van der Waals surface area contributed by atoms with Crippen molar-refractivity contribution in [3.05, 3.63) is 35.2 Å². The maximum absolute atomic E-state index is 5.89. The number of aromatic nitrogens is 2. The summed E-state index contributed by atoms with van der Waals surface area (Å²) < 4.78 is 10.9. The van der Waals surface area contributed by atoms with E-state index in [0.29, 0.717) is 29.2 Å². The first kappa shape index (κ1) is 20.9. The van der Waals surface area contributed by atoms with E-state index in [2.05, 4.69) is 25.8 Å². The Bertz CT molecular complexity index is 701. The second-order valence-electron chi connectivity index (χ2n) is 5.73. The van der Waals surface area contributed by atoms with Gasteiger partial charge in [-0.15, -0.1) is 24.0 Å². The van der Waals surface area contributed by atoms with Crippen molar-refractivity contribution in [1.29, 1.82) is 0 Å². The van der Waals surface area contributed by atoms with Gasteiger partial charge in [0.15, 0.2) is 5.96 Å². The molecule has 2 heterocycles. The van der Waals surface area contributed by atoms with Crippen LogP contribution in [0.15, 0.2) is 33.8 Å². The van der Waals surface area contributed by atoms with Crippen LogP contribution in [-0.4, -0.2) is 41.9 Å². The molecule has 1 unspecified atom stereocenters. The number of aliphatic imine (C=N–C) groups is 1. The maximum Gasteiger partial charge on any atom is 0.248 e. The molecule has 0 saturated carbocycles. The van der Waals surface area contributed by atoms with Gasteiger partial charge in [-0.3, -0.25) is 0 Å². The highest BCUT2D eigenvalue weighted by Crippen LogP contribution is 2.18. The van der Waals surface area contributed by atoms with E-state index in [0.717, 1.165) is 38.1 Å². The Labute approximate surface area is 175 Å². The zero-order valence-electron chi connectivity index (χ0n) is 14.6. The van der Waals surface area contributed by atoms with Gasteiger partial charge >= 0.3 is 0 Å². The zero-order chi connectivity index (χ0) is 17.5. The van der Waals surface area contributed by atoms with Crippen molar-refractivity contribution in [2.75, 3.05) is 19.7 Å². The molecule has 1 fully saturated rings. The van der Waals surface area contributed by atoms with Crippen molar-refractivity contribution in [3.8, 4) is 11.4 Å². The van der Waals surface area contributed by atoms with E-state index in [4.69, 9.17) is 20.9 Å². The number of hydrogen-bond acceptors (Lipinski definition) is 5. The van der Waals surface area contributed by atoms with Crippen LogP contribution in [0.2, 0.25) is 5.02 Å². The lowest BCUT2D eigenvalue weighted by Crippen LogP contribution is -2.41. The van der Waals surface area contributed by atoms with Crippen molar-refractivity contribution >= 4 is 41.5 Å². The van der Waals surface area contributed by atoms with Gasteiger partial charge in [0.05, 0.1) is 6.10 Å². The first-order valence-corrected chi connectivity index (χ1v) is 8.84. The van der Waals surface area contributed by atoms with Crippen LogP contribution in [0.25, 0.3) is 11.4 Å². The Morgan fingerprint density at radius 1 is 1.31 bits per heavy atom. The first-order chi connectivity index (χ1) is 12.2. The Kier molecular flexibility index (Phi) is 8.60. The van der Waals surface area contributed by atoms with Crippen molar-refractivity contribution < 1.29 is 9.26 Å². The smallest absolute Gasteiger partial charge is 0.248 e. The second kappa shape index (κ2) is 10.7. The van der Waals surface area contributed by atoms with Gasteiger partial charge in [0, 0.05) is 30.3 Å². The monoisotopic (exact) mass is 491 g/mol. The molecule has 142 valence electrons. The molecule has 0 radical (unpaired) electrons. The van der Waals surface area contributed by atoms with Gasteiger partial charge in [-0.25, -0.2) is 4.99 Å². The van der Waals surface area contributed by atoms with E-state index in [1.54, 1.807) is 12.1 Å². The lowest BCUT2D eigenvalue weighted by atomic mass is 10.2. The van der Waals surface area contributed by atoms with E-state index < -0.39 is 0 Å². The van der Waals surface area contributed by atoms with Crippen LogP contribution in [-0.2, 0) is 11.3 Å². The first-order valence-electron chi connectivity index (χ1n) is 8.47. The van der Waals surface area contributed by atoms with Gasteiger partial charge in [-0.1, -0.05) is 16.8 Å². The minimum Gasteiger partial charge on any atom is -0.376 e. The lowest BCUT2D eigenvalue weighted by molar-refractivity contribution is 0.114. The number of nitrogens with zero attached hydrogens (tertiary/aromatic N) is 3. The summed E-state index contributed by atoms with van der Waals surface area (Å²) in [6.45, 7) is 4.69. The van der Waals surface area contributed by atoms with E-state index in [9.17, 15) is 0 Å². The Balaban J connectivity index is 0.00000243. The van der Waals surface area contributed by atoms with Gasteiger partial charge < -0.3 is 19.9 Å². The molecule has 0 aliphatic carbocycles. The number of hydrogen-bond donors (Lipinski definition) is 2. The summed E-state index contributed by atoms with van der Waals surface area (Å²) >= 11 is 5.89. The Hall–Kier alpha value is -1.39. The topological polar surface area (TPSA) is 84.6 Å². The molecule has 1 atom stereocenters. The highest BCUT2D eigenvalue weighted by molar-refractivity contribution is 14.0. The lowest BCUT2D eigenvalue weighted by Gasteiger charge is -2.14. The minimum atomic E-state index is 0. The van der Waals surface area contributed by atoms with Crippen LogP contribution in [0.4, 0.5) is 0 Å². The molecule has 0 bridgehead atoms. The molecule has 1 aliphatic heterocycles. The van der Waals surface area contributed by atoms with Gasteiger partial charge in [0.25, 0.3) is 0 Å². The van der Waals surface area contributed by atoms with Crippen LogP contribution in [0.3, 0.4) is 0 Å². The number of halogens is 2. The van der Waals surface area contributed by atoms with Gasteiger partial charge in [-0.2, -0.15) is 4.98 Å². The fourth-order valence-corrected chi connectivity index (χ4v) is 2.67. The second-order valence-corrected chi connectivity index (χ2v) is 6.17. The van der Waals surface area contributed by atoms with Crippen molar-refractivity contribution in [2.24, 2.45) is 4.99 Å². The van der Waals surface area contributed by atoms with E-state index in [1.165, 1.54) is 0 Å². The average molecular weight is 492 g/mol. The highest BCUT2D eigenvalue weighted by atomic mass is 127. The largest absolute Gasteiger partial charge is 0.376 e. The molecule has 1 aliphatic rings. The molecule has 1 aromatic heterocycles. The van der Waals surface area contributed by atoms with Crippen LogP contribution in [0.5, 0.6) is 0 Å². The number of guanidine groups is 1. The standard InChI is InChI=1S/C17H22ClN5O2.HI/c1-2-19-17(20-10-14-4-3-9-24-14)21-11-15-22-16(23-25-15)12-5-7-13(18)8-6-12;/h5-8,14H,2-4,9-11H2,1H3,(H2,19,20,21);1H. The van der Waals surface area contributed by atoms with Crippen molar-refractivity contribution in [2.45, 2.75) is 32.4 Å². The summed E-state index contributed by atoms with van der Waals surface area (Å²) in [5.41, 5.74) is 0.854. The van der Waals surface area contributed by atoms with Crippen LogP contribution >= 0.6 is 35.6 Å². The molecule has 3 rings (SSSR count). The normalized spacial score (nSPS) is 17.0. The molecule has 7 nitrogen and oxygen atoms in total.